The smallest absolute Gasteiger partial charge is 0.269 e. The van der Waals surface area contributed by atoms with E-state index in [9.17, 15) is 13.6 Å². The Labute approximate surface area is 139 Å². The van der Waals surface area contributed by atoms with Gasteiger partial charge in [0, 0.05) is 12.6 Å². The predicted molar refractivity (Wildman–Crippen MR) is 89.4 cm³/mol. The van der Waals surface area contributed by atoms with E-state index in [2.05, 4.69) is 15.6 Å². The molecule has 0 aliphatic heterocycles. The Morgan fingerprint density at radius 1 is 1.21 bits per heavy atom. The maximum atomic E-state index is 13.6. The standard InChI is InChI=1S/C17H20F2N4O/c1-23(2)9-3-8-20-17(24)16-7-5-13(11-21-16)22-15-6-4-12(18)10-14(15)19/h4-7,10-11,22H,3,8-9H2,1-2H3,(H,20,24). The van der Waals surface area contributed by atoms with Gasteiger partial charge in [0.25, 0.3) is 5.91 Å². The lowest BCUT2D eigenvalue weighted by atomic mass is 10.2. The summed E-state index contributed by atoms with van der Waals surface area (Å²) in [5.74, 6) is -1.59. The second-order valence-electron chi connectivity index (χ2n) is 5.59. The fourth-order valence-electron chi connectivity index (χ4n) is 2.04. The van der Waals surface area contributed by atoms with Crippen molar-refractivity contribution in [2.24, 2.45) is 0 Å². The number of aromatic nitrogens is 1. The van der Waals surface area contributed by atoms with Gasteiger partial charge in [0.1, 0.15) is 17.3 Å². The van der Waals surface area contributed by atoms with Crippen LogP contribution in [0.15, 0.2) is 36.5 Å². The van der Waals surface area contributed by atoms with Gasteiger partial charge in [0.15, 0.2) is 0 Å². The van der Waals surface area contributed by atoms with Crippen LogP contribution in [0, 0.1) is 11.6 Å². The van der Waals surface area contributed by atoms with Crippen molar-refractivity contribution in [2.75, 3.05) is 32.5 Å². The number of nitrogens with one attached hydrogen (secondary N) is 2. The van der Waals surface area contributed by atoms with E-state index >= 15 is 0 Å². The second kappa shape index (κ2) is 8.35. The van der Waals surface area contributed by atoms with Crippen LogP contribution in [0.3, 0.4) is 0 Å². The minimum atomic E-state index is -0.697. The summed E-state index contributed by atoms with van der Waals surface area (Å²) in [5, 5.41) is 5.58. The molecule has 24 heavy (non-hydrogen) atoms. The number of halogens is 2. The molecule has 0 radical (unpaired) electrons. The maximum Gasteiger partial charge on any atom is 0.269 e. The summed E-state index contributed by atoms with van der Waals surface area (Å²) in [4.78, 5) is 18.0. The van der Waals surface area contributed by atoms with Crippen LogP contribution in [0.25, 0.3) is 0 Å². The number of pyridine rings is 1. The SMILES string of the molecule is CN(C)CCCNC(=O)c1ccc(Nc2ccc(F)cc2F)cn1. The summed E-state index contributed by atoms with van der Waals surface area (Å²) in [7, 11) is 3.94. The molecule has 1 aromatic heterocycles. The zero-order valence-corrected chi connectivity index (χ0v) is 13.6. The summed E-state index contributed by atoms with van der Waals surface area (Å²) in [6.07, 6.45) is 2.28. The molecule has 1 amide bonds. The zero-order chi connectivity index (χ0) is 17.5. The van der Waals surface area contributed by atoms with Gasteiger partial charge in [-0.15, -0.1) is 0 Å². The van der Waals surface area contributed by atoms with E-state index in [1.54, 1.807) is 12.1 Å². The van der Waals surface area contributed by atoms with Gasteiger partial charge >= 0.3 is 0 Å². The second-order valence-corrected chi connectivity index (χ2v) is 5.59. The number of carbonyl (C=O) groups is 1. The van der Waals surface area contributed by atoms with Gasteiger partial charge in [0.2, 0.25) is 0 Å². The third-order valence-electron chi connectivity index (χ3n) is 3.27. The van der Waals surface area contributed by atoms with Gasteiger partial charge in [0.05, 0.1) is 17.6 Å². The molecule has 128 valence electrons. The lowest BCUT2D eigenvalue weighted by Crippen LogP contribution is -2.27. The molecule has 0 spiro atoms. The lowest BCUT2D eigenvalue weighted by molar-refractivity contribution is 0.0947. The van der Waals surface area contributed by atoms with Crippen molar-refractivity contribution in [3.63, 3.8) is 0 Å². The number of hydrogen-bond acceptors (Lipinski definition) is 4. The fraction of sp³-hybridized carbons (Fsp3) is 0.294. The van der Waals surface area contributed by atoms with Crippen molar-refractivity contribution in [3.05, 3.63) is 53.9 Å². The summed E-state index contributed by atoms with van der Waals surface area (Å²) < 4.78 is 26.5. The topological polar surface area (TPSA) is 57.3 Å². The molecule has 5 nitrogen and oxygen atoms in total. The molecule has 2 N–H and O–H groups in total. The number of benzene rings is 1. The number of nitrogens with zero attached hydrogens (tertiary/aromatic N) is 2. The normalized spacial score (nSPS) is 10.7. The van der Waals surface area contributed by atoms with Crippen molar-refractivity contribution in [1.82, 2.24) is 15.2 Å². The summed E-state index contributed by atoms with van der Waals surface area (Å²) in [6, 6.07) is 6.42. The molecule has 0 unspecified atom stereocenters. The number of anilines is 2. The minimum Gasteiger partial charge on any atom is -0.352 e. The molecule has 0 atom stereocenters. The number of rotatable bonds is 7. The van der Waals surface area contributed by atoms with Gasteiger partial charge in [-0.25, -0.2) is 13.8 Å². The monoisotopic (exact) mass is 334 g/mol. The van der Waals surface area contributed by atoms with Gasteiger partial charge in [-0.1, -0.05) is 0 Å². The minimum absolute atomic E-state index is 0.138. The predicted octanol–water partition coefficient (Wildman–Crippen LogP) is 2.78. The van der Waals surface area contributed by atoms with Gasteiger partial charge in [-0.3, -0.25) is 4.79 Å². The average molecular weight is 334 g/mol. The lowest BCUT2D eigenvalue weighted by Gasteiger charge is -2.10. The molecule has 1 heterocycles. The molecular formula is C17H20F2N4O. The van der Waals surface area contributed by atoms with Crippen LogP contribution in [0.1, 0.15) is 16.9 Å². The van der Waals surface area contributed by atoms with Gasteiger partial charge < -0.3 is 15.5 Å². The first-order chi connectivity index (χ1) is 11.5. The van der Waals surface area contributed by atoms with Crippen LogP contribution in [0.4, 0.5) is 20.2 Å². The molecule has 0 fully saturated rings. The Morgan fingerprint density at radius 2 is 2.00 bits per heavy atom. The highest BCUT2D eigenvalue weighted by molar-refractivity contribution is 5.92. The molecular weight excluding hydrogens is 314 g/mol. The Morgan fingerprint density at radius 3 is 2.62 bits per heavy atom. The first-order valence-electron chi connectivity index (χ1n) is 7.57. The average Bonchev–Trinajstić information content (AvgIpc) is 2.54. The van der Waals surface area contributed by atoms with Gasteiger partial charge in [-0.05, 0) is 51.3 Å². The third-order valence-corrected chi connectivity index (χ3v) is 3.27. The van der Waals surface area contributed by atoms with Crippen LogP contribution in [0.5, 0.6) is 0 Å². The Hall–Kier alpha value is -2.54. The Kier molecular flexibility index (Phi) is 6.20. The van der Waals surface area contributed by atoms with Crippen LogP contribution < -0.4 is 10.6 Å². The molecule has 2 rings (SSSR count). The van der Waals surface area contributed by atoms with Crippen molar-refractivity contribution in [2.45, 2.75) is 6.42 Å². The van der Waals surface area contributed by atoms with E-state index in [1.165, 1.54) is 12.3 Å². The van der Waals surface area contributed by atoms with Crippen LogP contribution in [-0.4, -0.2) is 43.0 Å². The summed E-state index contributed by atoms with van der Waals surface area (Å²) in [5.41, 5.74) is 0.925. The Bertz CT molecular complexity index is 689. The quantitative estimate of drug-likeness (QED) is 0.765. The van der Waals surface area contributed by atoms with E-state index in [-0.39, 0.29) is 17.3 Å². The highest BCUT2D eigenvalue weighted by Crippen LogP contribution is 2.20. The highest BCUT2D eigenvalue weighted by Gasteiger charge is 2.08. The van der Waals surface area contributed by atoms with E-state index < -0.39 is 11.6 Å². The first kappa shape index (κ1) is 17.8. The van der Waals surface area contributed by atoms with E-state index in [4.69, 9.17) is 0 Å². The van der Waals surface area contributed by atoms with E-state index in [0.717, 1.165) is 25.1 Å². The molecule has 1 aromatic carbocycles. The van der Waals surface area contributed by atoms with Crippen LogP contribution in [0.2, 0.25) is 0 Å². The summed E-state index contributed by atoms with van der Waals surface area (Å²) in [6.45, 7) is 1.46. The maximum absolute atomic E-state index is 13.6. The van der Waals surface area contributed by atoms with Crippen LogP contribution in [-0.2, 0) is 0 Å². The zero-order valence-electron chi connectivity index (χ0n) is 13.6. The fourth-order valence-corrected chi connectivity index (χ4v) is 2.04. The van der Waals surface area contributed by atoms with Crippen molar-refractivity contribution in [3.8, 4) is 0 Å². The Balaban J connectivity index is 1.91. The van der Waals surface area contributed by atoms with Crippen molar-refractivity contribution in [1.29, 1.82) is 0 Å². The van der Waals surface area contributed by atoms with Crippen molar-refractivity contribution < 1.29 is 13.6 Å². The third kappa shape index (κ3) is 5.27. The van der Waals surface area contributed by atoms with E-state index in [1.807, 2.05) is 19.0 Å². The number of carbonyl (C=O) groups excluding carboxylic acids is 1. The summed E-state index contributed by atoms with van der Waals surface area (Å²) >= 11 is 0. The van der Waals surface area contributed by atoms with E-state index in [0.29, 0.717) is 12.2 Å². The molecule has 0 aliphatic carbocycles. The molecule has 0 bridgehead atoms. The molecule has 7 heteroatoms. The largest absolute Gasteiger partial charge is 0.352 e. The molecule has 0 aliphatic rings. The molecule has 0 saturated heterocycles. The number of amides is 1. The van der Waals surface area contributed by atoms with Gasteiger partial charge in [-0.2, -0.15) is 0 Å². The van der Waals surface area contributed by atoms with Crippen molar-refractivity contribution >= 4 is 17.3 Å². The van der Waals surface area contributed by atoms with Crippen LogP contribution >= 0.6 is 0 Å². The number of hydrogen-bond donors (Lipinski definition) is 2. The molecule has 0 saturated carbocycles. The molecule has 2 aromatic rings. The highest BCUT2D eigenvalue weighted by atomic mass is 19.1. The first-order valence-corrected chi connectivity index (χ1v) is 7.57.